The number of anilines is 1. The summed E-state index contributed by atoms with van der Waals surface area (Å²) < 4.78 is 0. The van der Waals surface area contributed by atoms with Crippen LogP contribution in [0.2, 0.25) is 0 Å². The van der Waals surface area contributed by atoms with E-state index < -0.39 is 0 Å². The molecule has 94 valence electrons. The molecule has 19 heavy (non-hydrogen) atoms. The molecule has 3 aromatic rings. The lowest BCUT2D eigenvalue weighted by atomic mass is 10.2. The molecular formula is C14H12N4S. The lowest BCUT2D eigenvalue weighted by Crippen LogP contribution is -1.96. The summed E-state index contributed by atoms with van der Waals surface area (Å²) in [5, 5.41) is 3.12. The smallest absolute Gasteiger partial charge is 0.219 e. The van der Waals surface area contributed by atoms with Gasteiger partial charge in [-0.05, 0) is 5.56 Å². The monoisotopic (exact) mass is 268 g/mol. The summed E-state index contributed by atoms with van der Waals surface area (Å²) in [6.07, 6.45) is 4.22. The molecule has 0 aliphatic rings. The van der Waals surface area contributed by atoms with Crippen LogP contribution in [-0.2, 0) is 6.42 Å². The summed E-state index contributed by atoms with van der Waals surface area (Å²) >= 11 is 1.65. The summed E-state index contributed by atoms with van der Waals surface area (Å²) in [6.45, 7) is 0. The molecule has 0 unspecified atom stereocenters. The summed E-state index contributed by atoms with van der Waals surface area (Å²) in [5.41, 5.74) is 8.63. The van der Waals surface area contributed by atoms with Gasteiger partial charge in [0.05, 0.1) is 10.7 Å². The Kier molecular flexibility index (Phi) is 3.20. The lowest BCUT2D eigenvalue weighted by Gasteiger charge is -1.97. The van der Waals surface area contributed by atoms with E-state index in [0.717, 1.165) is 28.2 Å². The lowest BCUT2D eigenvalue weighted by molar-refractivity contribution is 1.06. The molecule has 2 heterocycles. The minimum absolute atomic E-state index is 0.299. The Morgan fingerprint density at radius 3 is 2.53 bits per heavy atom. The van der Waals surface area contributed by atoms with Crippen LogP contribution in [0.3, 0.4) is 0 Å². The highest BCUT2D eigenvalue weighted by Crippen LogP contribution is 2.22. The second-order valence-corrected chi connectivity index (χ2v) is 5.06. The summed E-state index contributed by atoms with van der Waals surface area (Å²) in [6, 6.07) is 10.2. The summed E-state index contributed by atoms with van der Waals surface area (Å²) in [7, 11) is 0. The maximum Gasteiger partial charge on any atom is 0.219 e. The molecule has 0 radical (unpaired) electrons. The Hall–Kier alpha value is -2.27. The van der Waals surface area contributed by atoms with Crippen molar-refractivity contribution in [3.05, 3.63) is 58.7 Å². The average Bonchev–Trinajstić information content (AvgIpc) is 2.91. The van der Waals surface area contributed by atoms with Gasteiger partial charge in [-0.25, -0.2) is 15.0 Å². The van der Waals surface area contributed by atoms with Crippen LogP contribution in [0.1, 0.15) is 10.6 Å². The molecule has 0 spiro atoms. The number of rotatable bonds is 3. The standard InChI is InChI=1S/C14H12N4S/c15-14-16-7-10(8-17-14)6-13-18-12(9-19-13)11-4-2-1-3-5-11/h1-5,7-9H,6H2,(H2,15,16,17). The number of nitrogen functional groups attached to an aromatic ring is 1. The van der Waals surface area contributed by atoms with E-state index in [0.29, 0.717) is 5.95 Å². The third kappa shape index (κ3) is 2.77. The average molecular weight is 268 g/mol. The predicted molar refractivity (Wildman–Crippen MR) is 76.8 cm³/mol. The highest BCUT2D eigenvalue weighted by atomic mass is 32.1. The van der Waals surface area contributed by atoms with Crippen molar-refractivity contribution in [2.24, 2.45) is 0 Å². The van der Waals surface area contributed by atoms with Crippen LogP contribution in [0.15, 0.2) is 48.1 Å². The van der Waals surface area contributed by atoms with Crippen LogP contribution in [0.4, 0.5) is 5.95 Å². The van der Waals surface area contributed by atoms with Crippen LogP contribution in [0.5, 0.6) is 0 Å². The van der Waals surface area contributed by atoms with Gasteiger partial charge in [-0.15, -0.1) is 11.3 Å². The molecule has 2 N–H and O–H groups in total. The maximum atomic E-state index is 5.46. The molecular weight excluding hydrogens is 256 g/mol. The molecule has 0 amide bonds. The first-order valence-electron chi connectivity index (χ1n) is 5.87. The minimum Gasteiger partial charge on any atom is -0.368 e. The fourth-order valence-corrected chi connectivity index (χ4v) is 2.60. The number of thiazole rings is 1. The first kappa shape index (κ1) is 11.8. The number of hydrogen-bond acceptors (Lipinski definition) is 5. The van der Waals surface area contributed by atoms with Gasteiger partial charge in [0.25, 0.3) is 0 Å². The second kappa shape index (κ2) is 5.16. The van der Waals surface area contributed by atoms with Gasteiger partial charge in [-0.2, -0.15) is 0 Å². The zero-order valence-corrected chi connectivity index (χ0v) is 11.0. The minimum atomic E-state index is 0.299. The van der Waals surface area contributed by atoms with Gasteiger partial charge < -0.3 is 5.73 Å². The number of aromatic nitrogens is 3. The molecule has 0 fully saturated rings. The first-order chi connectivity index (χ1) is 9.31. The number of nitrogens with zero attached hydrogens (tertiary/aromatic N) is 3. The third-order valence-corrected chi connectivity index (χ3v) is 3.55. The topological polar surface area (TPSA) is 64.7 Å². The molecule has 1 aromatic carbocycles. The van der Waals surface area contributed by atoms with Crippen molar-refractivity contribution in [3.8, 4) is 11.3 Å². The molecule has 0 aliphatic heterocycles. The Bertz CT molecular complexity index is 661. The van der Waals surface area contributed by atoms with Crippen molar-refractivity contribution in [1.82, 2.24) is 15.0 Å². The molecule has 3 rings (SSSR count). The highest BCUT2D eigenvalue weighted by Gasteiger charge is 2.05. The number of hydrogen-bond donors (Lipinski definition) is 1. The Labute approximate surface area is 115 Å². The van der Waals surface area contributed by atoms with Crippen LogP contribution in [-0.4, -0.2) is 15.0 Å². The van der Waals surface area contributed by atoms with Gasteiger partial charge in [-0.3, -0.25) is 0 Å². The maximum absolute atomic E-state index is 5.46. The van der Waals surface area contributed by atoms with Crippen molar-refractivity contribution in [2.75, 3.05) is 5.73 Å². The van der Waals surface area contributed by atoms with E-state index in [1.165, 1.54) is 0 Å². The zero-order chi connectivity index (χ0) is 13.1. The van der Waals surface area contributed by atoms with Gasteiger partial charge in [0, 0.05) is 29.8 Å². The third-order valence-electron chi connectivity index (χ3n) is 2.70. The van der Waals surface area contributed by atoms with Crippen molar-refractivity contribution >= 4 is 17.3 Å². The van der Waals surface area contributed by atoms with E-state index in [1.807, 2.05) is 18.2 Å². The molecule has 2 aromatic heterocycles. The van der Waals surface area contributed by atoms with Crippen molar-refractivity contribution in [2.45, 2.75) is 6.42 Å². The number of benzene rings is 1. The van der Waals surface area contributed by atoms with Gasteiger partial charge in [0.15, 0.2) is 0 Å². The van der Waals surface area contributed by atoms with E-state index in [9.17, 15) is 0 Å². The fraction of sp³-hybridized carbons (Fsp3) is 0.0714. The van der Waals surface area contributed by atoms with Crippen LogP contribution in [0, 0.1) is 0 Å². The zero-order valence-electron chi connectivity index (χ0n) is 10.2. The molecule has 0 saturated heterocycles. The highest BCUT2D eigenvalue weighted by molar-refractivity contribution is 7.10. The van der Waals surface area contributed by atoms with Crippen molar-refractivity contribution in [1.29, 1.82) is 0 Å². The molecule has 5 heteroatoms. The molecule has 0 aliphatic carbocycles. The Morgan fingerprint density at radius 2 is 1.79 bits per heavy atom. The van der Waals surface area contributed by atoms with Crippen LogP contribution < -0.4 is 5.73 Å². The Balaban J connectivity index is 1.80. The van der Waals surface area contributed by atoms with E-state index in [2.05, 4.69) is 32.5 Å². The van der Waals surface area contributed by atoms with Gasteiger partial charge in [0.1, 0.15) is 0 Å². The molecule has 4 nitrogen and oxygen atoms in total. The van der Waals surface area contributed by atoms with Gasteiger partial charge in [-0.1, -0.05) is 30.3 Å². The predicted octanol–water partition coefficient (Wildman–Crippen LogP) is 2.77. The van der Waals surface area contributed by atoms with Crippen molar-refractivity contribution < 1.29 is 0 Å². The van der Waals surface area contributed by atoms with E-state index in [1.54, 1.807) is 23.7 Å². The fourth-order valence-electron chi connectivity index (χ4n) is 1.76. The second-order valence-electron chi connectivity index (χ2n) is 4.12. The van der Waals surface area contributed by atoms with Crippen LogP contribution >= 0.6 is 11.3 Å². The molecule has 0 saturated carbocycles. The molecule has 0 bridgehead atoms. The van der Waals surface area contributed by atoms with E-state index >= 15 is 0 Å². The van der Waals surface area contributed by atoms with E-state index in [-0.39, 0.29) is 0 Å². The van der Waals surface area contributed by atoms with E-state index in [4.69, 9.17) is 5.73 Å². The normalized spacial score (nSPS) is 10.5. The molecule has 0 atom stereocenters. The largest absolute Gasteiger partial charge is 0.368 e. The quantitative estimate of drug-likeness (QED) is 0.793. The summed E-state index contributed by atoms with van der Waals surface area (Å²) in [4.78, 5) is 12.6. The summed E-state index contributed by atoms with van der Waals surface area (Å²) in [5.74, 6) is 0.299. The Morgan fingerprint density at radius 1 is 1.05 bits per heavy atom. The van der Waals surface area contributed by atoms with Crippen LogP contribution in [0.25, 0.3) is 11.3 Å². The van der Waals surface area contributed by atoms with Crippen molar-refractivity contribution in [3.63, 3.8) is 0 Å². The van der Waals surface area contributed by atoms with Gasteiger partial charge >= 0.3 is 0 Å². The van der Waals surface area contributed by atoms with Gasteiger partial charge in [0.2, 0.25) is 5.95 Å². The first-order valence-corrected chi connectivity index (χ1v) is 6.75. The number of nitrogens with two attached hydrogens (primary N) is 1. The SMILES string of the molecule is Nc1ncc(Cc2nc(-c3ccccc3)cs2)cn1.